The van der Waals surface area contributed by atoms with Crippen LogP contribution in [0.4, 0.5) is 5.69 Å². The van der Waals surface area contributed by atoms with E-state index in [9.17, 15) is 4.79 Å². The lowest BCUT2D eigenvalue weighted by Gasteiger charge is -2.11. The molecule has 0 bridgehead atoms. The van der Waals surface area contributed by atoms with Crippen molar-refractivity contribution in [1.82, 2.24) is 4.98 Å². The number of amides is 1. The van der Waals surface area contributed by atoms with Crippen molar-refractivity contribution in [1.29, 1.82) is 0 Å². The normalized spacial score (nSPS) is 12.1. The molecule has 0 aliphatic carbocycles. The van der Waals surface area contributed by atoms with E-state index >= 15 is 0 Å². The van der Waals surface area contributed by atoms with Crippen LogP contribution >= 0.6 is 11.3 Å². The zero-order valence-corrected chi connectivity index (χ0v) is 12.0. The van der Waals surface area contributed by atoms with E-state index in [0.717, 1.165) is 29.1 Å². The van der Waals surface area contributed by atoms with Gasteiger partial charge in [0.1, 0.15) is 5.01 Å². The van der Waals surface area contributed by atoms with Crippen molar-refractivity contribution in [3.8, 4) is 10.6 Å². The minimum atomic E-state index is 0.0589. The summed E-state index contributed by atoms with van der Waals surface area (Å²) in [5, 5.41) is 5.90. The standard InChI is InChI=1S/C15H18N2OS/c1-3-4-11(2)14(18)17-13-7-5-12(6-8-13)15-16-9-10-19-15/h5-11H,3-4H2,1-2H3,(H,17,18)/t11-/m1/s1. The molecule has 0 saturated carbocycles. The largest absolute Gasteiger partial charge is 0.326 e. The minimum Gasteiger partial charge on any atom is -0.326 e. The molecule has 0 aliphatic rings. The van der Waals surface area contributed by atoms with Gasteiger partial charge in [0.05, 0.1) is 0 Å². The molecule has 19 heavy (non-hydrogen) atoms. The highest BCUT2D eigenvalue weighted by atomic mass is 32.1. The first kappa shape index (κ1) is 13.7. The average Bonchev–Trinajstić information content (AvgIpc) is 2.94. The zero-order valence-electron chi connectivity index (χ0n) is 11.2. The number of rotatable bonds is 5. The van der Waals surface area contributed by atoms with E-state index in [0.29, 0.717) is 0 Å². The molecule has 1 aromatic heterocycles. The second-order valence-electron chi connectivity index (χ2n) is 4.59. The average molecular weight is 274 g/mol. The predicted octanol–water partition coefficient (Wildman–Crippen LogP) is 4.18. The molecule has 0 saturated heterocycles. The van der Waals surface area contributed by atoms with Gasteiger partial charge >= 0.3 is 0 Å². The molecule has 1 amide bonds. The number of aromatic nitrogens is 1. The van der Waals surface area contributed by atoms with Crippen molar-refractivity contribution >= 4 is 22.9 Å². The first-order valence-corrected chi connectivity index (χ1v) is 7.39. The van der Waals surface area contributed by atoms with Crippen LogP contribution in [0.5, 0.6) is 0 Å². The Balaban J connectivity index is 2.01. The van der Waals surface area contributed by atoms with E-state index in [1.807, 2.05) is 36.6 Å². The molecule has 2 aromatic rings. The highest BCUT2D eigenvalue weighted by Crippen LogP contribution is 2.23. The molecule has 3 nitrogen and oxygen atoms in total. The van der Waals surface area contributed by atoms with E-state index in [-0.39, 0.29) is 11.8 Å². The van der Waals surface area contributed by atoms with Gasteiger partial charge in [0.15, 0.2) is 0 Å². The van der Waals surface area contributed by atoms with Gasteiger partial charge in [-0.25, -0.2) is 4.98 Å². The summed E-state index contributed by atoms with van der Waals surface area (Å²) in [7, 11) is 0. The number of hydrogen-bond acceptors (Lipinski definition) is 3. The first-order valence-electron chi connectivity index (χ1n) is 6.51. The highest BCUT2D eigenvalue weighted by molar-refractivity contribution is 7.13. The third-order valence-electron chi connectivity index (χ3n) is 3.00. The van der Waals surface area contributed by atoms with Crippen LogP contribution in [0.25, 0.3) is 10.6 Å². The minimum absolute atomic E-state index is 0.0589. The molecular weight excluding hydrogens is 256 g/mol. The molecule has 1 aromatic carbocycles. The summed E-state index contributed by atoms with van der Waals surface area (Å²) in [6.45, 7) is 4.05. The smallest absolute Gasteiger partial charge is 0.227 e. The molecule has 1 heterocycles. The topological polar surface area (TPSA) is 42.0 Å². The number of nitrogens with zero attached hydrogens (tertiary/aromatic N) is 1. The van der Waals surface area contributed by atoms with Crippen molar-refractivity contribution in [2.24, 2.45) is 5.92 Å². The Hall–Kier alpha value is -1.68. The van der Waals surface area contributed by atoms with Gasteiger partial charge in [-0.05, 0) is 30.7 Å². The molecule has 0 aliphatic heterocycles. The summed E-state index contributed by atoms with van der Waals surface area (Å²) in [6.07, 6.45) is 3.74. The fourth-order valence-corrected chi connectivity index (χ4v) is 2.54. The Morgan fingerprint density at radius 2 is 2.11 bits per heavy atom. The van der Waals surface area contributed by atoms with Crippen molar-refractivity contribution in [2.75, 3.05) is 5.32 Å². The number of nitrogens with one attached hydrogen (secondary N) is 1. The summed E-state index contributed by atoms with van der Waals surface area (Å²) in [5.74, 6) is 0.146. The summed E-state index contributed by atoms with van der Waals surface area (Å²) in [6, 6.07) is 7.82. The van der Waals surface area contributed by atoms with Crippen molar-refractivity contribution in [3.05, 3.63) is 35.8 Å². The maximum Gasteiger partial charge on any atom is 0.227 e. The van der Waals surface area contributed by atoms with Crippen molar-refractivity contribution < 1.29 is 4.79 Å². The van der Waals surface area contributed by atoms with E-state index < -0.39 is 0 Å². The first-order chi connectivity index (χ1) is 9.20. The number of anilines is 1. The van der Waals surface area contributed by atoms with Crippen LogP contribution < -0.4 is 5.32 Å². The molecule has 0 spiro atoms. The number of thiazole rings is 1. The Morgan fingerprint density at radius 3 is 2.68 bits per heavy atom. The maximum atomic E-state index is 11.9. The lowest BCUT2D eigenvalue weighted by atomic mass is 10.1. The molecule has 0 fully saturated rings. The second kappa shape index (κ2) is 6.48. The highest BCUT2D eigenvalue weighted by Gasteiger charge is 2.11. The van der Waals surface area contributed by atoms with Crippen LogP contribution in [-0.4, -0.2) is 10.9 Å². The third-order valence-corrected chi connectivity index (χ3v) is 3.82. The van der Waals surface area contributed by atoms with Gasteiger partial charge in [0.25, 0.3) is 0 Å². The van der Waals surface area contributed by atoms with Gasteiger partial charge in [-0.2, -0.15) is 0 Å². The van der Waals surface area contributed by atoms with Crippen LogP contribution in [0.3, 0.4) is 0 Å². The Labute approximate surface area is 117 Å². The van der Waals surface area contributed by atoms with Crippen molar-refractivity contribution in [2.45, 2.75) is 26.7 Å². The molecule has 1 atom stereocenters. The monoisotopic (exact) mass is 274 g/mol. The van der Waals surface area contributed by atoms with Gasteiger partial charge < -0.3 is 5.32 Å². The van der Waals surface area contributed by atoms with Gasteiger partial charge in [0.2, 0.25) is 5.91 Å². The van der Waals surface area contributed by atoms with E-state index in [1.165, 1.54) is 0 Å². The molecule has 0 radical (unpaired) electrons. The molecule has 4 heteroatoms. The number of carbonyl (C=O) groups is 1. The predicted molar refractivity (Wildman–Crippen MR) is 80.3 cm³/mol. The zero-order chi connectivity index (χ0) is 13.7. The fourth-order valence-electron chi connectivity index (χ4n) is 1.89. The fraction of sp³-hybridized carbons (Fsp3) is 0.333. The Kier molecular flexibility index (Phi) is 4.68. The SMILES string of the molecule is CCC[C@@H](C)C(=O)Nc1ccc(-c2nccs2)cc1. The van der Waals surface area contributed by atoms with Gasteiger partial charge in [-0.15, -0.1) is 11.3 Å². The summed E-state index contributed by atoms with van der Waals surface area (Å²) in [5.41, 5.74) is 1.92. The Bertz CT molecular complexity index is 520. The van der Waals surface area contributed by atoms with Gasteiger partial charge in [-0.1, -0.05) is 20.3 Å². The van der Waals surface area contributed by atoms with Crippen molar-refractivity contribution in [3.63, 3.8) is 0 Å². The van der Waals surface area contributed by atoms with Gasteiger partial charge in [-0.3, -0.25) is 4.79 Å². The van der Waals surface area contributed by atoms with Crippen LogP contribution in [0.15, 0.2) is 35.8 Å². The summed E-state index contributed by atoms with van der Waals surface area (Å²) >= 11 is 1.61. The molecular formula is C15H18N2OS. The second-order valence-corrected chi connectivity index (χ2v) is 5.49. The molecule has 100 valence electrons. The van der Waals surface area contributed by atoms with Crippen LogP contribution in [0.2, 0.25) is 0 Å². The van der Waals surface area contributed by atoms with E-state index in [4.69, 9.17) is 0 Å². The number of benzene rings is 1. The van der Waals surface area contributed by atoms with Gasteiger partial charge in [0, 0.05) is 28.7 Å². The molecule has 2 rings (SSSR count). The van der Waals surface area contributed by atoms with E-state index in [1.54, 1.807) is 17.5 Å². The molecule has 0 unspecified atom stereocenters. The van der Waals surface area contributed by atoms with E-state index in [2.05, 4.69) is 17.2 Å². The van der Waals surface area contributed by atoms with Crippen LogP contribution in [-0.2, 0) is 4.79 Å². The number of hydrogen-bond donors (Lipinski definition) is 1. The maximum absolute atomic E-state index is 11.9. The molecule has 1 N–H and O–H groups in total. The number of carbonyl (C=O) groups excluding carboxylic acids is 1. The van der Waals surface area contributed by atoms with Crippen LogP contribution in [0, 0.1) is 5.92 Å². The summed E-state index contributed by atoms with van der Waals surface area (Å²) in [4.78, 5) is 16.2. The summed E-state index contributed by atoms with van der Waals surface area (Å²) < 4.78 is 0. The Morgan fingerprint density at radius 1 is 1.37 bits per heavy atom. The lowest BCUT2D eigenvalue weighted by Crippen LogP contribution is -2.20. The quantitative estimate of drug-likeness (QED) is 0.888. The lowest BCUT2D eigenvalue weighted by molar-refractivity contribution is -0.119. The van der Waals surface area contributed by atoms with Crippen LogP contribution in [0.1, 0.15) is 26.7 Å². The third kappa shape index (κ3) is 3.64.